The molecule has 1 saturated heterocycles. The summed E-state index contributed by atoms with van der Waals surface area (Å²) >= 11 is 0. The second kappa shape index (κ2) is 8.44. The normalized spacial score (nSPS) is 14.4. The first-order valence-corrected chi connectivity index (χ1v) is 9.73. The molecule has 1 N–H and O–H groups in total. The predicted octanol–water partition coefficient (Wildman–Crippen LogP) is 0.779. The highest BCUT2D eigenvalue weighted by atomic mass is 16.5. The number of carbonyl (C=O) groups excluding carboxylic acids is 1. The van der Waals surface area contributed by atoms with E-state index in [1.807, 2.05) is 24.3 Å². The van der Waals surface area contributed by atoms with Crippen molar-refractivity contribution in [3.05, 3.63) is 47.0 Å². The van der Waals surface area contributed by atoms with Gasteiger partial charge in [0.1, 0.15) is 24.1 Å². The molecule has 1 amide bonds. The van der Waals surface area contributed by atoms with E-state index in [-0.39, 0.29) is 18.0 Å². The molecule has 4 rings (SSSR count). The molecule has 0 atom stereocenters. The molecule has 152 valence electrons. The van der Waals surface area contributed by atoms with Crippen molar-refractivity contribution >= 4 is 11.4 Å². The fourth-order valence-electron chi connectivity index (χ4n) is 3.51. The topological polar surface area (TPSA) is 93.8 Å². The molecule has 1 aromatic carbocycles. The maximum atomic E-state index is 12.7. The highest BCUT2D eigenvalue weighted by Gasteiger charge is 2.14. The van der Waals surface area contributed by atoms with Crippen LogP contribution in [0, 0.1) is 0 Å². The lowest BCUT2D eigenvalue weighted by Crippen LogP contribution is -2.38. The zero-order valence-electron chi connectivity index (χ0n) is 16.4. The van der Waals surface area contributed by atoms with Crippen LogP contribution in [0.4, 0.5) is 0 Å². The highest BCUT2D eigenvalue weighted by molar-refractivity contribution is 5.75. The molecule has 29 heavy (non-hydrogen) atoms. The van der Waals surface area contributed by atoms with Crippen LogP contribution in [0.25, 0.3) is 16.8 Å². The number of nitrogens with one attached hydrogen (secondary N) is 1. The van der Waals surface area contributed by atoms with Gasteiger partial charge in [-0.2, -0.15) is 10.2 Å². The van der Waals surface area contributed by atoms with Gasteiger partial charge in [0.05, 0.1) is 12.8 Å². The van der Waals surface area contributed by atoms with Crippen LogP contribution in [-0.2, 0) is 11.3 Å². The van der Waals surface area contributed by atoms with E-state index >= 15 is 0 Å². The first kappa shape index (κ1) is 19.1. The number of hydrogen-bond acceptors (Lipinski definition) is 6. The Labute approximate surface area is 167 Å². The first-order chi connectivity index (χ1) is 14.1. The van der Waals surface area contributed by atoms with E-state index < -0.39 is 0 Å². The van der Waals surface area contributed by atoms with Crippen LogP contribution < -0.4 is 15.6 Å². The third-order valence-corrected chi connectivity index (χ3v) is 5.12. The van der Waals surface area contributed by atoms with Gasteiger partial charge in [-0.25, -0.2) is 9.20 Å². The Kier molecular flexibility index (Phi) is 5.57. The maximum Gasteiger partial charge on any atom is 0.293 e. The molecule has 0 radical (unpaired) electrons. The maximum absolute atomic E-state index is 12.7. The van der Waals surface area contributed by atoms with Crippen molar-refractivity contribution in [2.24, 2.45) is 0 Å². The molecule has 0 bridgehead atoms. The minimum atomic E-state index is -0.352. The summed E-state index contributed by atoms with van der Waals surface area (Å²) in [6.07, 6.45) is 3.88. The fraction of sp³-hybridized carbons (Fsp3) is 0.400. The van der Waals surface area contributed by atoms with E-state index in [9.17, 15) is 9.59 Å². The van der Waals surface area contributed by atoms with Crippen LogP contribution in [0.1, 0.15) is 12.8 Å². The molecule has 3 heterocycles. The van der Waals surface area contributed by atoms with Crippen molar-refractivity contribution in [2.45, 2.75) is 19.4 Å². The van der Waals surface area contributed by atoms with E-state index in [0.29, 0.717) is 17.8 Å². The molecule has 0 unspecified atom stereocenters. The number of nitrogens with zero attached hydrogens (tertiary/aromatic N) is 5. The molecular formula is C20H24N6O3. The summed E-state index contributed by atoms with van der Waals surface area (Å²) in [5.41, 5.74) is 1.53. The number of fused-ring (bicyclic) bond motifs is 1. The van der Waals surface area contributed by atoms with Crippen LogP contribution in [0.5, 0.6) is 5.75 Å². The minimum Gasteiger partial charge on any atom is -0.497 e. The van der Waals surface area contributed by atoms with E-state index in [1.165, 1.54) is 28.4 Å². The van der Waals surface area contributed by atoms with Crippen LogP contribution in [0.15, 0.2) is 41.5 Å². The predicted molar refractivity (Wildman–Crippen MR) is 108 cm³/mol. The number of ether oxygens (including phenoxy) is 1. The molecule has 1 fully saturated rings. The van der Waals surface area contributed by atoms with Crippen molar-refractivity contribution in [3.63, 3.8) is 0 Å². The summed E-state index contributed by atoms with van der Waals surface area (Å²) in [7, 11) is 1.61. The van der Waals surface area contributed by atoms with Gasteiger partial charge in [0.2, 0.25) is 5.91 Å². The number of aromatic nitrogens is 4. The van der Waals surface area contributed by atoms with Crippen molar-refractivity contribution in [2.75, 3.05) is 33.3 Å². The molecule has 1 aliphatic rings. The first-order valence-electron chi connectivity index (χ1n) is 9.73. The molecule has 9 heteroatoms. The van der Waals surface area contributed by atoms with Gasteiger partial charge in [-0.05, 0) is 56.3 Å². The van der Waals surface area contributed by atoms with Gasteiger partial charge >= 0.3 is 0 Å². The lowest BCUT2D eigenvalue weighted by molar-refractivity contribution is -0.121. The number of hydrogen-bond donors (Lipinski definition) is 1. The van der Waals surface area contributed by atoms with Crippen LogP contribution >= 0.6 is 0 Å². The average Bonchev–Trinajstić information content (AvgIpc) is 3.40. The third kappa shape index (κ3) is 4.29. The van der Waals surface area contributed by atoms with Gasteiger partial charge in [-0.1, -0.05) is 0 Å². The highest BCUT2D eigenvalue weighted by Crippen LogP contribution is 2.21. The van der Waals surface area contributed by atoms with Crippen molar-refractivity contribution in [1.82, 2.24) is 29.6 Å². The Morgan fingerprint density at radius 3 is 2.69 bits per heavy atom. The zero-order valence-corrected chi connectivity index (χ0v) is 16.4. The van der Waals surface area contributed by atoms with Crippen LogP contribution in [0.2, 0.25) is 0 Å². The lowest BCUT2D eigenvalue weighted by Gasteiger charge is -2.14. The quantitative estimate of drug-likeness (QED) is 0.634. The van der Waals surface area contributed by atoms with E-state index in [0.717, 1.165) is 30.9 Å². The molecule has 9 nitrogen and oxygen atoms in total. The Bertz CT molecular complexity index is 1050. The molecule has 3 aromatic rings. The monoisotopic (exact) mass is 396 g/mol. The minimum absolute atomic E-state index is 0.113. The largest absolute Gasteiger partial charge is 0.497 e. The van der Waals surface area contributed by atoms with Crippen molar-refractivity contribution in [3.8, 4) is 17.0 Å². The summed E-state index contributed by atoms with van der Waals surface area (Å²) in [5.74, 6) is 0.523. The van der Waals surface area contributed by atoms with Crippen LogP contribution in [-0.4, -0.2) is 63.5 Å². The smallest absolute Gasteiger partial charge is 0.293 e. The average molecular weight is 396 g/mol. The van der Waals surface area contributed by atoms with Gasteiger partial charge in [0, 0.05) is 18.7 Å². The second-order valence-corrected chi connectivity index (χ2v) is 7.08. The fourth-order valence-corrected chi connectivity index (χ4v) is 3.51. The molecule has 2 aromatic heterocycles. The van der Waals surface area contributed by atoms with Gasteiger partial charge in [-0.3, -0.25) is 9.59 Å². The summed E-state index contributed by atoms with van der Waals surface area (Å²) in [5, 5.41) is 11.3. The van der Waals surface area contributed by atoms with Gasteiger partial charge in [0.15, 0.2) is 0 Å². The number of benzene rings is 1. The molecule has 0 spiro atoms. The van der Waals surface area contributed by atoms with E-state index in [1.54, 1.807) is 13.2 Å². The summed E-state index contributed by atoms with van der Waals surface area (Å²) in [6.45, 7) is 3.47. The SMILES string of the molecule is COc1ccc(-c2cc3c(=O)n(CC(=O)NCCN4CCCC4)ncn3n2)cc1. The molecule has 0 saturated carbocycles. The van der Waals surface area contributed by atoms with Gasteiger partial charge in [-0.15, -0.1) is 0 Å². The zero-order chi connectivity index (χ0) is 20.2. The summed E-state index contributed by atoms with van der Waals surface area (Å²) in [6, 6.07) is 9.12. The molecule has 1 aliphatic heterocycles. The number of likely N-dealkylation sites (tertiary alicyclic amines) is 1. The Morgan fingerprint density at radius 1 is 1.21 bits per heavy atom. The molecular weight excluding hydrogens is 372 g/mol. The van der Waals surface area contributed by atoms with E-state index in [4.69, 9.17) is 4.74 Å². The molecule has 0 aliphatic carbocycles. The van der Waals surface area contributed by atoms with Crippen molar-refractivity contribution < 1.29 is 9.53 Å². The second-order valence-electron chi connectivity index (χ2n) is 7.08. The van der Waals surface area contributed by atoms with Gasteiger partial charge < -0.3 is 15.0 Å². The van der Waals surface area contributed by atoms with Crippen molar-refractivity contribution in [1.29, 1.82) is 0 Å². The number of rotatable bonds is 7. The Hall–Kier alpha value is -3.20. The third-order valence-electron chi connectivity index (χ3n) is 5.12. The standard InChI is InChI=1S/C20H24N6O3/c1-29-16-6-4-15(5-7-16)17-12-18-20(28)25(22-14-26(18)23-17)13-19(27)21-8-11-24-9-2-3-10-24/h4-7,12,14H,2-3,8-11,13H2,1H3,(H,21,27). The summed E-state index contributed by atoms with van der Waals surface area (Å²) < 4.78 is 7.76. The van der Waals surface area contributed by atoms with Gasteiger partial charge in [0.25, 0.3) is 5.56 Å². The lowest BCUT2D eigenvalue weighted by atomic mass is 10.1. The summed E-state index contributed by atoms with van der Waals surface area (Å²) in [4.78, 5) is 27.2. The van der Waals surface area contributed by atoms with E-state index in [2.05, 4.69) is 20.4 Å². The Morgan fingerprint density at radius 2 is 1.97 bits per heavy atom. The Balaban J connectivity index is 1.45. The number of methoxy groups -OCH3 is 1. The number of amides is 1. The number of carbonyl (C=O) groups is 1. The van der Waals surface area contributed by atoms with Crippen LogP contribution in [0.3, 0.4) is 0 Å².